The second kappa shape index (κ2) is 5.31. The van der Waals surface area contributed by atoms with Crippen LogP contribution in [-0.4, -0.2) is 53.5 Å². The summed E-state index contributed by atoms with van der Waals surface area (Å²) < 4.78 is 35.4. The summed E-state index contributed by atoms with van der Waals surface area (Å²) in [5.41, 5.74) is 5.11. The quantitative estimate of drug-likeness (QED) is 0.314. The number of piperidine rings is 1. The summed E-state index contributed by atoms with van der Waals surface area (Å²) in [5, 5.41) is 0.505. The monoisotopic (exact) mass is 287 g/mol. The number of urea groups is 1. The summed E-state index contributed by atoms with van der Waals surface area (Å²) in [6, 6.07) is -2.14. The van der Waals surface area contributed by atoms with E-state index < -0.39 is 34.4 Å². The topological polar surface area (TPSA) is 133 Å². The predicted octanol–water partition coefficient (Wildman–Crippen LogP) is -4.86. The van der Waals surface area contributed by atoms with Crippen molar-refractivity contribution in [3.63, 3.8) is 0 Å². The predicted molar refractivity (Wildman–Crippen MR) is 50.7 cm³/mol. The molecular weight excluding hydrogens is 277 g/mol. The van der Waals surface area contributed by atoms with Gasteiger partial charge in [-0.05, 0) is 12.8 Å². The van der Waals surface area contributed by atoms with E-state index in [4.69, 9.17) is 5.73 Å². The molecule has 0 aromatic rings. The van der Waals surface area contributed by atoms with Crippen LogP contribution >= 0.6 is 0 Å². The molecular formula is C7H10N3NaO6S. The van der Waals surface area contributed by atoms with Crippen LogP contribution in [0.1, 0.15) is 12.8 Å². The molecule has 9 nitrogen and oxygen atoms in total. The minimum Gasteiger partial charge on any atom is -0.724 e. The maximum atomic E-state index is 11.7. The van der Waals surface area contributed by atoms with Crippen molar-refractivity contribution >= 4 is 22.3 Å². The average molecular weight is 287 g/mol. The molecule has 11 heteroatoms. The number of rotatable bonds is 3. The Bertz CT molecular complexity index is 468. The second-order valence-electron chi connectivity index (χ2n) is 3.89. The number of nitrogens with two attached hydrogens (primary N) is 1. The third-order valence-corrected chi connectivity index (χ3v) is 3.17. The Morgan fingerprint density at radius 1 is 1.44 bits per heavy atom. The van der Waals surface area contributed by atoms with Gasteiger partial charge in [-0.15, -0.1) is 0 Å². The van der Waals surface area contributed by atoms with Gasteiger partial charge in [-0.3, -0.25) is 4.79 Å². The standard InChI is InChI=1S/C7H11N3O6S.Na/c8-6(11)5-2-1-4-3-9(5)7(12)10(4)16-17(13,14)15;/h4-5H,1-3H2,(H2,8,11)(H,13,14,15);/q;+1/p-1/t4-,5+;/m0./s1. The molecule has 0 aliphatic carbocycles. The zero-order valence-electron chi connectivity index (χ0n) is 9.61. The van der Waals surface area contributed by atoms with Gasteiger partial charge in [0.15, 0.2) is 0 Å². The molecule has 96 valence electrons. The van der Waals surface area contributed by atoms with Crippen molar-refractivity contribution in [1.82, 2.24) is 9.96 Å². The minimum absolute atomic E-state index is 0. The SMILES string of the molecule is NC(=O)[C@H]1CC[C@H]2CN1C(=O)N2OS(=O)(=O)[O-].[Na+]. The van der Waals surface area contributed by atoms with E-state index in [0.717, 1.165) is 4.90 Å². The zero-order valence-corrected chi connectivity index (χ0v) is 12.4. The Morgan fingerprint density at radius 3 is 2.56 bits per heavy atom. The molecule has 2 atom stereocenters. The van der Waals surface area contributed by atoms with Crippen LogP contribution in [0.2, 0.25) is 0 Å². The van der Waals surface area contributed by atoms with Crippen LogP contribution in [0.3, 0.4) is 0 Å². The summed E-state index contributed by atoms with van der Waals surface area (Å²) >= 11 is 0. The van der Waals surface area contributed by atoms with E-state index in [1.165, 1.54) is 0 Å². The van der Waals surface area contributed by atoms with Crippen LogP contribution in [0.5, 0.6) is 0 Å². The number of hydroxylamine groups is 2. The molecule has 2 aliphatic rings. The number of primary amides is 1. The fourth-order valence-electron chi connectivity index (χ4n) is 2.12. The Labute approximate surface area is 125 Å². The molecule has 2 heterocycles. The van der Waals surface area contributed by atoms with Gasteiger partial charge in [0.25, 0.3) is 0 Å². The van der Waals surface area contributed by atoms with Crippen molar-refractivity contribution in [3.05, 3.63) is 0 Å². The first kappa shape index (κ1) is 15.7. The van der Waals surface area contributed by atoms with Crippen molar-refractivity contribution < 1.29 is 56.4 Å². The minimum atomic E-state index is -5.00. The number of amides is 3. The normalized spacial score (nSPS) is 27.1. The summed E-state index contributed by atoms with van der Waals surface area (Å²) in [6.45, 7) is 0.127. The average Bonchev–Trinajstić information content (AvgIpc) is 2.42. The largest absolute Gasteiger partial charge is 1.00 e. The molecule has 3 amide bonds. The molecule has 2 fully saturated rings. The van der Waals surface area contributed by atoms with Crippen molar-refractivity contribution in [1.29, 1.82) is 0 Å². The molecule has 0 radical (unpaired) electrons. The fraction of sp³-hybridized carbons (Fsp3) is 0.714. The second-order valence-corrected chi connectivity index (χ2v) is 4.86. The summed E-state index contributed by atoms with van der Waals surface area (Å²) in [7, 11) is -5.00. The number of hydrogen-bond donors (Lipinski definition) is 1. The van der Waals surface area contributed by atoms with E-state index in [0.29, 0.717) is 17.9 Å². The van der Waals surface area contributed by atoms with Gasteiger partial charge in [-0.1, -0.05) is 0 Å². The molecule has 2 rings (SSSR count). The van der Waals surface area contributed by atoms with Gasteiger partial charge in [-0.2, -0.15) is 9.35 Å². The van der Waals surface area contributed by atoms with Gasteiger partial charge in [0, 0.05) is 6.54 Å². The smallest absolute Gasteiger partial charge is 0.724 e. The molecule has 2 saturated heterocycles. The van der Waals surface area contributed by atoms with Gasteiger partial charge < -0.3 is 15.2 Å². The van der Waals surface area contributed by atoms with Crippen molar-refractivity contribution in [2.75, 3.05) is 6.54 Å². The van der Waals surface area contributed by atoms with Crippen molar-refractivity contribution in [2.24, 2.45) is 5.73 Å². The third-order valence-electron chi connectivity index (χ3n) is 2.82. The molecule has 0 aromatic carbocycles. The Balaban J connectivity index is 0.00000162. The number of carbonyl (C=O) groups is 2. The number of nitrogens with zero attached hydrogens (tertiary/aromatic N) is 2. The van der Waals surface area contributed by atoms with E-state index in [-0.39, 0.29) is 36.1 Å². The van der Waals surface area contributed by atoms with E-state index in [2.05, 4.69) is 4.28 Å². The maximum Gasteiger partial charge on any atom is 1.00 e. The first-order valence-electron chi connectivity index (χ1n) is 4.84. The van der Waals surface area contributed by atoms with Crippen LogP contribution in [0.25, 0.3) is 0 Å². The van der Waals surface area contributed by atoms with Gasteiger partial charge in [-0.25, -0.2) is 13.2 Å². The molecule has 0 unspecified atom stereocenters. The molecule has 2 bridgehead atoms. The van der Waals surface area contributed by atoms with Crippen molar-refractivity contribution in [2.45, 2.75) is 24.9 Å². The molecule has 0 saturated carbocycles. The maximum absolute atomic E-state index is 11.7. The van der Waals surface area contributed by atoms with E-state index in [1.807, 2.05) is 0 Å². The molecule has 2 N–H and O–H groups in total. The van der Waals surface area contributed by atoms with E-state index in [1.54, 1.807) is 0 Å². The van der Waals surface area contributed by atoms with Crippen LogP contribution in [0, 0.1) is 0 Å². The van der Waals surface area contributed by atoms with Gasteiger partial charge in [0.05, 0.1) is 6.04 Å². The van der Waals surface area contributed by atoms with Gasteiger partial charge >= 0.3 is 35.6 Å². The third kappa shape index (κ3) is 2.95. The van der Waals surface area contributed by atoms with Crippen LogP contribution in [0.4, 0.5) is 4.79 Å². The first-order chi connectivity index (χ1) is 7.79. The molecule has 2 aliphatic heterocycles. The van der Waals surface area contributed by atoms with Crippen LogP contribution in [0.15, 0.2) is 0 Å². The summed E-state index contributed by atoms with van der Waals surface area (Å²) in [5.74, 6) is -0.663. The molecule has 0 aromatic heterocycles. The first-order valence-corrected chi connectivity index (χ1v) is 6.17. The number of fused-ring (bicyclic) bond motifs is 2. The Morgan fingerprint density at radius 2 is 2.06 bits per heavy atom. The molecule has 0 spiro atoms. The zero-order chi connectivity index (χ0) is 12.8. The number of carbonyl (C=O) groups excluding carboxylic acids is 2. The Kier molecular flexibility index (Phi) is 4.62. The summed E-state index contributed by atoms with van der Waals surface area (Å²) in [6.07, 6.45) is 0.676. The van der Waals surface area contributed by atoms with Gasteiger partial charge in [0.2, 0.25) is 16.3 Å². The molecule has 18 heavy (non-hydrogen) atoms. The number of hydrogen-bond acceptors (Lipinski definition) is 6. The van der Waals surface area contributed by atoms with Gasteiger partial charge in [0.1, 0.15) is 6.04 Å². The van der Waals surface area contributed by atoms with Crippen molar-refractivity contribution in [3.8, 4) is 0 Å². The van der Waals surface area contributed by atoms with Crippen LogP contribution in [-0.2, 0) is 19.5 Å². The summed E-state index contributed by atoms with van der Waals surface area (Å²) in [4.78, 5) is 23.9. The van der Waals surface area contributed by atoms with E-state index >= 15 is 0 Å². The fourth-order valence-corrected chi connectivity index (χ4v) is 2.51. The van der Waals surface area contributed by atoms with E-state index in [9.17, 15) is 22.6 Å². The van der Waals surface area contributed by atoms with Crippen LogP contribution < -0.4 is 35.3 Å². The Hall–Kier alpha value is -0.390.